The molecule has 0 atom stereocenters. The van der Waals surface area contributed by atoms with E-state index in [0.717, 1.165) is 0 Å². The Kier molecular flexibility index (Phi) is 2.97. The van der Waals surface area contributed by atoms with Crippen LogP contribution < -0.4 is 16.0 Å². The Hall–Kier alpha value is -0.710. The Morgan fingerprint density at radius 1 is 1.50 bits per heavy atom. The predicted octanol–water partition coefficient (Wildman–Crippen LogP) is 1.68. The summed E-state index contributed by atoms with van der Waals surface area (Å²) in [5.41, 5.74) is 2.81. The zero-order valence-electron chi connectivity index (χ0n) is 6.27. The van der Waals surface area contributed by atoms with E-state index in [9.17, 15) is 0 Å². The summed E-state index contributed by atoms with van der Waals surface area (Å²) in [5.74, 6) is 5.42. The molecule has 66 valence electrons. The lowest BCUT2D eigenvalue weighted by Gasteiger charge is -2.06. The summed E-state index contributed by atoms with van der Waals surface area (Å²) in [6, 6.07) is 0. The van der Waals surface area contributed by atoms with Crippen molar-refractivity contribution >= 4 is 28.9 Å². The molecule has 0 unspecified atom stereocenters. The topological polar surface area (TPSA) is 60.2 Å². The fourth-order valence-corrected chi connectivity index (χ4v) is 1.10. The van der Waals surface area contributed by atoms with E-state index in [1.54, 1.807) is 0 Å². The number of hydrogen-bond acceptors (Lipinski definition) is 4. The predicted molar refractivity (Wildman–Crippen MR) is 48.6 cm³/mol. The summed E-state index contributed by atoms with van der Waals surface area (Å²) >= 11 is 11.5. The Bertz CT molecular complexity index is 263. The number of anilines is 1. The van der Waals surface area contributed by atoms with Crippen LogP contribution >= 0.6 is 23.2 Å². The van der Waals surface area contributed by atoms with Gasteiger partial charge in [0.15, 0.2) is 0 Å². The average Bonchev–Trinajstić information content (AvgIpc) is 2.10. The minimum absolute atomic E-state index is 0.245. The third-order valence-corrected chi connectivity index (χ3v) is 2.12. The molecular weight excluding hydrogens is 201 g/mol. The van der Waals surface area contributed by atoms with Crippen molar-refractivity contribution in [1.82, 2.24) is 4.98 Å². The van der Waals surface area contributed by atoms with Crippen molar-refractivity contribution < 1.29 is 4.74 Å². The smallest absolute Gasteiger partial charge is 0.233 e. The van der Waals surface area contributed by atoms with Crippen LogP contribution in [-0.2, 0) is 0 Å². The number of nitrogens with zero attached hydrogens (tertiary/aromatic N) is 1. The van der Waals surface area contributed by atoms with Crippen molar-refractivity contribution in [2.45, 2.75) is 0 Å². The molecule has 6 heteroatoms. The molecule has 0 aromatic carbocycles. The highest BCUT2D eigenvalue weighted by Crippen LogP contribution is 2.34. The third kappa shape index (κ3) is 1.55. The van der Waals surface area contributed by atoms with E-state index in [-0.39, 0.29) is 10.9 Å². The van der Waals surface area contributed by atoms with E-state index >= 15 is 0 Å². The zero-order valence-corrected chi connectivity index (χ0v) is 7.78. The Balaban J connectivity index is 3.20. The molecular formula is C6H7Cl2N3O. The van der Waals surface area contributed by atoms with Crippen LogP contribution in [0, 0.1) is 0 Å². The largest absolute Gasteiger partial charge is 0.480 e. The van der Waals surface area contributed by atoms with E-state index in [4.69, 9.17) is 33.8 Å². The second-order valence-corrected chi connectivity index (χ2v) is 2.71. The maximum Gasteiger partial charge on any atom is 0.233 e. The molecule has 1 rings (SSSR count). The van der Waals surface area contributed by atoms with Gasteiger partial charge in [-0.1, -0.05) is 23.2 Å². The third-order valence-electron chi connectivity index (χ3n) is 1.28. The first-order valence-corrected chi connectivity index (χ1v) is 3.81. The highest BCUT2D eigenvalue weighted by Gasteiger charge is 2.10. The standard InChI is InChI=1S/C6H7Cl2N3O/c1-12-6-5(8)4(7)3(11-9)2-10-6/h2,11H,9H2,1H3. The number of hydrazine groups is 1. The number of pyridine rings is 1. The highest BCUT2D eigenvalue weighted by molar-refractivity contribution is 6.44. The molecule has 3 N–H and O–H groups in total. The number of nitrogens with one attached hydrogen (secondary N) is 1. The van der Waals surface area contributed by atoms with Crippen LogP contribution in [0.1, 0.15) is 0 Å². The summed E-state index contributed by atoms with van der Waals surface area (Å²) in [7, 11) is 1.46. The number of nitrogens with two attached hydrogens (primary N) is 1. The molecule has 0 amide bonds. The van der Waals surface area contributed by atoms with E-state index in [1.807, 2.05) is 0 Å². The number of aromatic nitrogens is 1. The molecule has 1 heterocycles. The Morgan fingerprint density at radius 3 is 2.67 bits per heavy atom. The molecule has 0 aliphatic rings. The lowest BCUT2D eigenvalue weighted by Crippen LogP contribution is -2.08. The Morgan fingerprint density at radius 2 is 2.17 bits per heavy atom. The first kappa shape index (κ1) is 9.38. The van der Waals surface area contributed by atoms with Crippen LogP contribution in [-0.4, -0.2) is 12.1 Å². The molecule has 0 saturated heterocycles. The van der Waals surface area contributed by atoms with Crippen LogP contribution in [0.25, 0.3) is 0 Å². The molecule has 0 aliphatic heterocycles. The average molecular weight is 208 g/mol. The molecule has 1 aromatic rings. The first-order chi connectivity index (χ1) is 5.70. The molecule has 0 saturated carbocycles. The number of halogens is 2. The molecule has 0 aliphatic carbocycles. The van der Waals surface area contributed by atoms with Crippen molar-refractivity contribution in [2.75, 3.05) is 12.5 Å². The van der Waals surface area contributed by atoms with Gasteiger partial charge in [0.05, 0.1) is 24.0 Å². The molecule has 4 nitrogen and oxygen atoms in total. The fourth-order valence-electron chi connectivity index (χ4n) is 0.692. The van der Waals surface area contributed by atoms with Gasteiger partial charge in [-0.05, 0) is 0 Å². The monoisotopic (exact) mass is 207 g/mol. The number of hydrogen-bond donors (Lipinski definition) is 2. The minimum atomic E-state index is 0.245. The Labute approximate surface area is 79.6 Å². The number of rotatable bonds is 2. The highest BCUT2D eigenvalue weighted by atomic mass is 35.5. The van der Waals surface area contributed by atoms with Gasteiger partial charge in [-0.3, -0.25) is 5.84 Å². The summed E-state index contributed by atoms with van der Waals surface area (Å²) in [6.07, 6.45) is 1.44. The van der Waals surface area contributed by atoms with E-state index < -0.39 is 0 Å². The summed E-state index contributed by atoms with van der Waals surface area (Å²) < 4.78 is 4.83. The van der Waals surface area contributed by atoms with E-state index in [2.05, 4.69) is 10.4 Å². The maximum atomic E-state index is 5.78. The number of ether oxygens (including phenoxy) is 1. The quantitative estimate of drug-likeness (QED) is 0.573. The van der Waals surface area contributed by atoms with E-state index in [0.29, 0.717) is 10.7 Å². The van der Waals surface area contributed by atoms with Gasteiger partial charge in [-0.25, -0.2) is 4.98 Å². The van der Waals surface area contributed by atoms with Crippen molar-refractivity contribution in [1.29, 1.82) is 0 Å². The van der Waals surface area contributed by atoms with Gasteiger partial charge in [0.1, 0.15) is 5.02 Å². The molecule has 1 aromatic heterocycles. The fraction of sp³-hybridized carbons (Fsp3) is 0.167. The molecule has 0 bridgehead atoms. The molecule has 0 radical (unpaired) electrons. The van der Waals surface area contributed by atoms with Gasteiger partial charge >= 0.3 is 0 Å². The van der Waals surface area contributed by atoms with E-state index in [1.165, 1.54) is 13.3 Å². The van der Waals surface area contributed by atoms with Crippen LogP contribution in [0.15, 0.2) is 6.20 Å². The first-order valence-electron chi connectivity index (χ1n) is 3.05. The van der Waals surface area contributed by atoms with Crippen molar-refractivity contribution in [2.24, 2.45) is 5.84 Å². The van der Waals surface area contributed by atoms with Crippen LogP contribution in [0.2, 0.25) is 10.0 Å². The molecule has 0 spiro atoms. The van der Waals surface area contributed by atoms with Gasteiger partial charge in [0, 0.05) is 0 Å². The number of methoxy groups -OCH3 is 1. The van der Waals surface area contributed by atoms with Gasteiger partial charge in [-0.2, -0.15) is 0 Å². The number of nitrogen functional groups attached to an aromatic ring is 1. The van der Waals surface area contributed by atoms with Gasteiger partial charge in [-0.15, -0.1) is 0 Å². The molecule has 0 fully saturated rings. The summed E-state index contributed by atoms with van der Waals surface area (Å²) in [5, 5.41) is 0.542. The van der Waals surface area contributed by atoms with Gasteiger partial charge in [0.2, 0.25) is 5.88 Å². The second kappa shape index (κ2) is 3.80. The van der Waals surface area contributed by atoms with Crippen LogP contribution in [0.4, 0.5) is 5.69 Å². The van der Waals surface area contributed by atoms with Crippen LogP contribution in [0.3, 0.4) is 0 Å². The van der Waals surface area contributed by atoms with Crippen molar-refractivity contribution in [3.8, 4) is 5.88 Å². The van der Waals surface area contributed by atoms with Crippen molar-refractivity contribution in [3.05, 3.63) is 16.2 Å². The second-order valence-electron chi connectivity index (χ2n) is 1.95. The lowest BCUT2D eigenvalue weighted by atomic mass is 10.4. The lowest BCUT2D eigenvalue weighted by molar-refractivity contribution is 0.398. The zero-order chi connectivity index (χ0) is 9.14. The SMILES string of the molecule is COc1ncc(NN)c(Cl)c1Cl. The maximum absolute atomic E-state index is 5.78. The summed E-state index contributed by atoms with van der Waals surface area (Å²) in [4.78, 5) is 3.85. The minimum Gasteiger partial charge on any atom is -0.480 e. The molecule has 12 heavy (non-hydrogen) atoms. The normalized spacial score (nSPS) is 9.67. The van der Waals surface area contributed by atoms with Gasteiger partial charge in [0.25, 0.3) is 0 Å². The van der Waals surface area contributed by atoms with Crippen molar-refractivity contribution in [3.63, 3.8) is 0 Å². The van der Waals surface area contributed by atoms with Crippen LogP contribution in [0.5, 0.6) is 5.88 Å². The summed E-state index contributed by atoms with van der Waals surface area (Å²) in [6.45, 7) is 0. The van der Waals surface area contributed by atoms with Gasteiger partial charge < -0.3 is 10.2 Å².